The largest absolute Gasteiger partial charge is 0.444 e. The first kappa shape index (κ1) is 25.6. The maximum atomic E-state index is 12.1. The van der Waals surface area contributed by atoms with Gasteiger partial charge in [-0.05, 0) is 70.1 Å². The quantitative estimate of drug-likeness (QED) is 0.592. The Bertz CT molecular complexity index is 558. The van der Waals surface area contributed by atoms with Crippen molar-refractivity contribution in [2.24, 2.45) is 29.4 Å². The predicted octanol–water partition coefficient (Wildman–Crippen LogP) is 4.24. The fourth-order valence-electron chi connectivity index (χ4n) is 2.90. The number of carbonyl (C=O) groups is 3. The van der Waals surface area contributed by atoms with E-state index in [4.69, 9.17) is 10.5 Å². The van der Waals surface area contributed by atoms with E-state index in [2.05, 4.69) is 5.32 Å². The molecule has 2 rings (SSSR count). The van der Waals surface area contributed by atoms with E-state index in [1.807, 2.05) is 48.5 Å². The highest BCUT2D eigenvalue weighted by atomic mass is 16.6. The third-order valence-corrected chi connectivity index (χ3v) is 5.15. The second-order valence-corrected chi connectivity index (χ2v) is 10.4. The number of ketones is 2. The minimum atomic E-state index is -0.537. The Morgan fingerprint density at radius 1 is 0.897 bits per heavy atom. The smallest absolute Gasteiger partial charge is 0.408 e. The van der Waals surface area contributed by atoms with Gasteiger partial charge in [-0.25, -0.2) is 4.79 Å². The average molecular weight is 411 g/mol. The molecular formula is C23H42N2O4. The van der Waals surface area contributed by atoms with Crippen LogP contribution in [0.3, 0.4) is 0 Å². The zero-order chi connectivity index (χ0) is 22.4. The molecule has 0 spiro atoms. The summed E-state index contributed by atoms with van der Waals surface area (Å²) in [4.78, 5) is 35.1. The van der Waals surface area contributed by atoms with Crippen LogP contribution in [0.1, 0.15) is 87.0 Å². The van der Waals surface area contributed by atoms with Gasteiger partial charge in [0.2, 0.25) is 0 Å². The number of rotatable bonds is 9. The summed E-state index contributed by atoms with van der Waals surface area (Å²) in [6.07, 6.45) is 5.54. The molecule has 6 heteroatoms. The number of nitrogens with two attached hydrogens (primary N) is 1. The van der Waals surface area contributed by atoms with E-state index >= 15 is 0 Å². The lowest BCUT2D eigenvalue weighted by Gasteiger charge is -2.25. The highest BCUT2D eigenvalue weighted by molar-refractivity contribution is 5.88. The molecule has 3 N–H and O–H groups in total. The van der Waals surface area contributed by atoms with Gasteiger partial charge in [0, 0.05) is 12.8 Å². The lowest BCUT2D eigenvalue weighted by atomic mass is 9.96. The Labute approximate surface area is 176 Å². The standard InChI is InChI=1S/C14H25NO3.C9H17NO/c1-9(2)12(11(16)8-10-6-7-10)15-13(17)18-14(3,4)5;1-6(2)9(10)8(11)5-7-3-4-7/h9-10,12H,6-8H2,1-5H3,(H,15,17);6-7,9H,3-5,10H2,1-2H3. The van der Waals surface area contributed by atoms with Crippen LogP contribution in [0.4, 0.5) is 4.79 Å². The maximum absolute atomic E-state index is 12.1. The third-order valence-electron chi connectivity index (χ3n) is 5.15. The van der Waals surface area contributed by atoms with Crippen LogP contribution in [-0.4, -0.2) is 35.3 Å². The van der Waals surface area contributed by atoms with Gasteiger partial charge in [0.25, 0.3) is 0 Å². The van der Waals surface area contributed by atoms with E-state index in [0.717, 1.165) is 19.3 Å². The SMILES string of the molecule is CC(C)C(N)C(=O)CC1CC1.CC(C)C(NC(=O)OC(C)(C)C)C(=O)CC1CC1. The van der Waals surface area contributed by atoms with Crippen molar-refractivity contribution in [1.82, 2.24) is 5.32 Å². The molecule has 0 aromatic carbocycles. The normalized spacial score (nSPS) is 18.6. The van der Waals surface area contributed by atoms with Crippen LogP contribution in [0.25, 0.3) is 0 Å². The molecule has 168 valence electrons. The molecule has 0 saturated heterocycles. The molecule has 2 aliphatic rings. The number of hydrogen-bond acceptors (Lipinski definition) is 5. The van der Waals surface area contributed by atoms with Crippen LogP contribution in [0.5, 0.6) is 0 Å². The maximum Gasteiger partial charge on any atom is 0.408 e. The number of hydrogen-bond donors (Lipinski definition) is 2. The summed E-state index contributed by atoms with van der Waals surface area (Å²) >= 11 is 0. The lowest BCUT2D eigenvalue weighted by molar-refractivity contribution is -0.122. The zero-order valence-electron chi connectivity index (χ0n) is 19.4. The third kappa shape index (κ3) is 11.4. The molecule has 2 aliphatic carbocycles. The summed E-state index contributed by atoms with van der Waals surface area (Å²) in [6, 6.07) is -0.656. The van der Waals surface area contributed by atoms with Gasteiger partial charge in [0.05, 0.1) is 12.1 Å². The molecule has 1 amide bonds. The fourth-order valence-corrected chi connectivity index (χ4v) is 2.90. The summed E-state index contributed by atoms with van der Waals surface area (Å²) < 4.78 is 5.19. The molecule has 6 nitrogen and oxygen atoms in total. The number of amides is 1. The first-order valence-corrected chi connectivity index (χ1v) is 11.1. The Balaban J connectivity index is 0.000000326. The van der Waals surface area contributed by atoms with Crippen LogP contribution in [0.2, 0.25) is 0 Å². The van der Waals surface area contributed by atoms with Crippen molar-refractivity contribution in [2.75, 3.05) is 0 Å². The van der Waals surface area contributed by atoms with Crippen molar-refractivity contribution in [2.45, 2.75) is 105 Å². The van der Waals surface area contributed by atoms with Crippen LogP contribution < -0.4 is 11.1 Å². The van der Waals surface area contributed by atoms with E-state index < -0.39 is 17.7 Å². The summed E-state index contributed by atoms with van der Waals surface area (Å²) in [5.74, 6) is 1.97. The summed E-state index contributed by atoms with van der Waals surface area (Å²) in [6.45, 7) is 13.3. The lowest BCUT2D eigenvalue weighted by Crippen LogP contribution is -2.46. The van der Waals surface area contributed by atoms with Gasteiger partial charge in [-0.1, -0.05) is 27.7 Å². The molecule has 0 aromatic heterocycles. The summed E-state index contributed by atoms with van der Waals surface area (Å²) in [7, 11) is 0. The molecule has 0 bridgehead atoms. The topological polar surface area (TPSA) is 98.5 Å². The summed E-state index contributed by atoms with van der Waals surface area (Å²) in [5, 5.41) is 2.70. The van der Waals surface area contributed by atoms with Crippen molar-refractivity contribution in [1.29, 1.82) is 0 Å². The molecule has 29 heavy (non-hydrogen) atoms. The van der Waals surface area contributed by atoms with E-state index in [1.165, 1.54) is 12.8 Å². The minimum absolute atomic E-state index is 0.0868. The van der Waals surface area contributed by atoms with E-state index in [1.54, 1.807) is 0 Å². The average Bonchev–Trinajstić information content (AvgIpc) is 3.47. The van der Waals surface area contributed by atoms with Gasteiger partial charge in [-0.3, -0.25) is 9.59 Å². The minimum Gasteiger partial charge on any atom is -0.444 e. The van der Waals surface area contributed by atoms with Crippen LogP contribution in [0.15, 0.2) is 0 Å². The van der Waals surface area contributed by atoms with Crippen LogP contribution in [0, 0.1) is 23.7 Å². The van der Waals surface area contributed by atoms with Gasteiger partial charge in [-0.2, -0.15) is 0 Å². The Hall–Kier alpha value is -1.43. The van der Waals surface area contributed by atoms with Crippen molar-refractivity contribution in [3.8, 4) is 0 Å². The predicted molar refractivity (Wildman–Crippen MR) is 116 cm³/mol. The highest BCUT2D eigenvalue weighted by Gasteiger charge is 2.31. The number of nitrogens with one attached hydrogen (secondary N) is 1. The number of Topliss-reactive ketones (excluding diaryl/α,β-unsaturated/α-hetero) is 2. The molecule has 0 radical (unpaired) electrons. The molecular weight excluding hydrogens is 368 g/mol. The fraction of sp³-hybridized carbons (Fsp3) is 0.870. The number of alkyl carbamates (subject to hydrolysis) is 1. The van der Waals surface area contributed by atoms with Gasteiger partial charge in [0.15, 0.2) is 5.78 Å². The van der Waals surface area contributed by atoms with Gasteiger partial charge < -0.3 is 15.8 Å². The van der Waals surface area contributed by atoms with Gasteiger partial charge in [-0.15, -0.1) is 0 Å². The zero-order valence-corrected chi connectivity index (χ0v) is 19.4. The van der Waals surface area contributed by atoms with Crippen molar-refractivity contribution in [3.05, 3.63) is 0 Å². The van der Waals surface area contributed by atoms with E-state index in [-0.39, 0.29) is 23.5 Å². The molecule has 2 atom stereocenters. The second-order valence-electron chi connectivity index (χ2n) is 10.4. The molecule has 2 saturated carbocycles. The number of carbonyl (C=O) groups excluding carboxylic acids is 3. The van der Waals surface area contributed by atoms with Gasteiger partial charge in [0.1, 0.15) is 11.4 Å². The molecule has 2 fully saturated rings. The van der Waals surface area contributed by atoms with Crippen LogP contribution in [-0.2, 0) is 14.3 Å². The first-order valence-electron chi connectivity index (χ1n) is 11.1. The van der Waals surface area contributed by atoms with Crippen LogP contribution >= 0.6 is 0 Å². The Morgan fingerprint density at radius 3 is 1.69 bits per heavy atom. The second kappa shape index (κ2) is 11.1. The Morgan fingerprint density at radius 2 is 1.34 bits per heavy atom. The first-order chi connectivity index (χ1) is 13.3. The Kier molecular flexibility index (Phi) is 9.80. The molecule has 0 aromatic rings. The number of ether oxygens (including phenoxy) is 1. The molecule has 2 unspecified atom stereocenters. The molecule has 0 aliphatic heterocycles. The van der Waals surface area contributed by atoms with E-state index in [9.17, 15) is 14.4 Å². The van der Waals surface area contributed by atoms with Crippen molar-refractivity contribution < 1.29 is 19.1 Å². The molecule has 0 heterocycles. The van der Waals surface area contributed by atoms with Crippen molar-refractivity contribution >= 4 is 17.7 Å². The van der Waals surface area contributed by atoms with E-state index in [0.29, 0.717) is 24.2 Å². The highest BCUT2D eigenvalue weighted by Crippen LogP contribution is 2.33. The van der Waals surface area contributed by atoms with Crippen molar-refractivity contribution in [3.63, 3.8) is 0 Å². The summed E-state index contributed by atoms with van der Waals surface area (Å²) in [5.41, 5.74) is 5.15. The monoisotopic (exact) mass is 410 g/mol. The van der Waals surface area contributed by atoms with Gasteiger partial charge >= 0.3 is 6.09 Å².